The van der Waals surface area contributed by atoms with Crippen LogP contribution in [0.5, 0.6) is 0 Å². The molecule has 1 heterocycles. The van der Waals surface area contributed by atoms with E-state index in [1.807, 2.05) is 0 Å². The molecule has 0 aromatic heterocycles. The highest BCUT2D eigenvalue weighted by Crippen LogP contribution is 2.36. The van der Waals surface area contributed by atoms with E-state index in [2.05, 4.69) is 24.5 Å². The molecule has 0 aromatic rings. The average Bonchev–Trinajstić information content (AvgIpc) is 2.85. The first kappa shape index (κ1) is 17.1. The summed E-state index contributed by atoms with van der Waals surface area (Å²) in [6.45, 7) is 4.68. The first-order chi connectivity index (χ1) is 9.53. The molecular formula is C17H31ClN2O. The van der Waals surface area contributed by atoms with Crippen molar-refractivity contribution in [3.63, 3.8) is 0 Å². The van der Waals surface area contributed by atoms with Crippen LogP contribution in [0.25, 0.3) is 0 Å². The lowest BCUT2D eigenvalue weighted by molar-refractivity contribution is -0.124. The molecule has 1 amide bonds. The van der Waals surface area contributed by atoms with E-state index in [1.54, 1.807) is 0 Å². The molecule has 3 atom stereocenters. The minimum absolute atomic E-state index is 0. The van der Waals surface area contributed by atoms with E-state index >= 15 is 0 Å². The summed E-state index contributed by atoms with van der Waals surface area (Å²) in [5.41, 5.74) is 0.474. The van der Waals surface area contributed by atoms with Crippen LogP contribution in [0.2, 0.25) is 0 Å². The molecule has 0 spiro atoms. The Balaban J connectivity index is 0.00000161. The van der Waals surface area contributed by atoms with Crippen molar-refractivity contribution in [2.24, 2.45) is 11.3 Å². The van der Waals surface area contributed by atoms with Crippen LogP contribution in [0.4, 0.5) is 0 Å². The minimum Gasteiger partial charge on any atom is -0.352 e. The van der Waals surface area contributed by atoms with Gasteiger partial charge in [-0.15, -0.1) is 12.4 Å². The average molecular weight is 315 g/mol. The van der Waals surface area contributed by atoms with E-state index in [1.165, 1.54) is 38.5 Å². The molecule has 3 rings (SSSR count). The van der Waals surface area contributed by atoms with Crippen molar-refractivity contribution in [2.75, 3.05) is 0 Å². The van der Waals surface area contributed by atoms with Gasteiger partial charge in [0.25, 0.3) is 0 Å². The molecular weight excluding hydrogens is 284 g/mol. The van der Waals surface area contributed by atoms with Crippen molar-refractivity contribution < 1.29 is 4.79 Å². The molecule has 2 aliphatic carbocycles. The van der Waals surface area contributed by atoms with E-state index in [-0.39, 0.29) is 24.4 Å². The SMILES string of the molecule is CC1(C)CCC(NC(=O)C2CC3CCCCC3N2)CC1.Cl. The molecule has 2 N–H and O–H groups in total. The van der Waals surface area contributed by atoms with Gasteiger partial charge in [-0.05, 0) is 56.3 Å². The zero-order valence-corrected chi connectivity index (χ0v) is 14.3. The van der Waals surface area contributed by atoms with Crippen LogP contribution in [0.3, 0.4) is 0 Å². The zero-order chi connectivity index (χ0) is 14.2. The lowest BCUT2D eigenvalue weighted by atomic mass is 9.75. The zero-order valence-electron chi connectivity index (χ0n) is 13.5. The third kappa shape index (κ3) is 4.13. The molecule has 21 heavy (non-hydrogen) atoms. The Labute approximate surface area is 135 Å². The molecule has 3 nitrogen and oxygen atoms in total. The third-order valence-corrected chi connectivity index (χ3v) is 5.86. The molecule has 1 aliphatic heterocycles. The number of fused-ring (bicyclic) bond motifs is 1. The molecule has 1 saturated heterocycles. The van der Waals surface area contributed by atoms with Crippen LogP contribution < -0.4 is 10.6 Å². The number of nitrogens with one attached hydrogen (secondary N) is 2. The van der Waals surface area contributed by atoms with Gasteiger partial charge in [0.05, 0.1) is 6.04 Å². The normalized spacial score (nSPS) is 35.6. The molecule has 0 radical (unpaired) electrons. The fourth-order valence-corrected chi connectivity index (χ4v) is 4.37. The van der Waals surface area contributed by atoms with E-state index in [0.29, 0.717) is 17.5 Å². The molecule has 3 unspecified atom stereocenters. The summed E-state index contributed by atoms with van der Waals surface area (Å²) >= 11 is 0. The van der Waals surface area contributed by atoms with Crippen molar-refractivity contribution in [3.05, 3.63) is 0 Å². The summed E-state index contributed by atoms with van der Waals surface area (Å²) < 4.78 is 0. The van der Waals surface area contributed by atoms with Gasteiger partial charge in [0.15, 0.2) is 0 Å². The number of carbonyl (C=O) groups excluding carboxylic acids is 1. The number of hydrogen-bond acceptors (Lipinski definition) is 2. The second kappa shape index (κ2) is 6.87. The second-order valence-electron chi connectivity index (χ2n) is 8.05. The standard InChI is InChI=1S/C17H30N2O.ClH/c1-17(2)9-7-13(8-10-17)18-16(20)15-11-12-5-3-4-6-14(12)19-15;/h12-15,19H,3-11H2,1-2H3,(H,18,20);1H. The summed E-state index contributed by atoms with van der Waals surface area (Å²) in [5, 5.41) is 6.89. The third-order valence-electron chi connectivity index (χ3n) is 5.86. The molecule has 122 valence electrons. The van der Waals surface area contributed by atoms with Gasteiger partial charge in [0.1, 0.15) is 0 Å². The number of hydrogen-bond donors (Lipinski definition) is 2. The summed E-state index contributed by atoms with van der Waals surface area (Å²) in [7, 11) is 0. The second-order valence-corrected chi connectivity index (χ2v) is 8.05. The molecule has 2 saturated carbocycles. The Morgan fingerprint density at radius 2 is 1.76 bits per heavy atom. The lowest BCUT2D eigenvalue weighted by Crippen LogP contribution is -2.48. The quantitative estimate of drug-likeness (QED) is 0.820. The monoisotopic (exact) mass is 314 g/mol. The topological polar surface area (TPSA) is 41.1 Å². The fraction of sp³-hybridized carbons (Fsp3) is 0.941. The summed E-state index contributed by atoms with van der Waals surface area (Å²) in [6.07, 6.45) is 11.1. The number of amides is 1. The summed E-state index contributed by atoms with van der Waals surface area (Å²) in [4.78, 5) is 12.4. The molecule has 3 aliphatic rings. The first-order valence-electron chi connectivity index (χ1n) is 8.60. The highest BCUT2D eigenvalue weighted by molar-refractivity contribution is 5.85. The highest BCUT2D eigenvalue weighted by atomic mass is 35.5. The van der Waals surface area contributed by atoms with E-state index < -0.39 is 0 Å². The largest absolute Gasteiger partial charge is 0.352 e. The number of carbonyl (C=O) groups is 1. The highest BCUT2D eigenvalue weighted by Gasteiger charge is 2.39. The van der Waals surface area contributed by atoms with E-state index in [0.717, 1.165) is 25.2 Å². The maximum atomic E-state index is 12.4. The lowest BCUT2D eigenvalue weighted by Gasteiger charge is -2.35. The van der Waals surface area contributed by atoms with Crippen LogP contribution in [0, 0.1) is 11.3 Å². The van der Waals surface area contributed by atoms with Gasteiger partial charge in [0, 0.05) is 12.1 Å². The summed E-state index contributed by atoms with van der Waals surface area (Å²) in [5.74, 6) is 1.02. The predicted octanol–water partition coefficient (Wildman–Crippen LogP) is 3.41. The van der Waals surface area contributed by atoms with Gasteiger partial charge in [-0.1, -0.05) is 26.7 Å². The Morgan fingerprint density at radius 3 is 2.43 bits per heavy atom. The van der Waals surface area contributed by atoms with Crippen LogP contribution in [0.1, 0.15) is 71.6 Å². The van der Waals surface area contributed by atoms with Crippen LogP contribution >= 0.6 is 12.4 Å². The maximum Gasteiger partial charge on any atom is 0.237 e. The first-order valence-corrected chi connectivity index (χ1v) is 8.60. The number of halogens is 1. The van der Waals surface area contributed by atoms with Crippen LogP contribution in [-0.2, 0) is 4.79 Å². The van der Waals surface area contributed by atoms with Gasteiger partial charge in [-0.2, -0.15) is 0 Å². The van der Waals surface area contributed by atoms with Crippen molar-refractivity contribution in [2.45, 2.75) is 89.8 Å². The molecule has 0 aromatic carbocycles. The van der Waals surface area contributed by atoms with Crippen molar-refractivity contribution >= 4 is 18.3 Å². The summed E-state index contributed by atoms with van der Waals surface area (Å²) in [6, 6.07) is 1.11. The molecule has 4 heteroatoms. The Kier molecular flexibility index (Phi) is 5.59. The van der Waals surface area contributed by atoms with E-state index in [9.17, 15) is 4.79 Å². The van der Waals surface area contributed by atoms with Gasteiger partial charge < -0.3 is 10.6 Å². The van der Waals surface area contributed by atoms with Gasteiger partial charge in [-0.3, -0.25) is 4.79 Å². The number of rotatable bonds is 2. The van der Waals surface area contributed by atoms with Crippen molar-refractivity contribution in [1.82, 2.24) is 10.6 Å². The Morgan fingerprint density at radius 1 is 1.10 bits per heavy atom. The molecule has 3 fully saturated rings. The Bertz CT molecular complexity index is 348. The smallest absolute Gasteiger partial charge is 0.237 e. The minimum atomic E-state index is 0. The van der Waals surface area contributed by atoms with Crippen LogP contribution in [0.15, 0.2) is 0 Å². The van der Waals surface area contributed by atoms with Crippen molar-refractivity contribution in [1.29, 1.82) is 0 Å². The molecule has 0 bridgehead atoms. The Hall–Kier alpha value is -0.280. The van der Waals surface area contributed by atoms with Gasteiger partial charge in [-0.25, -0.2) is 0 Å². The van der Waals surface area contributed by atoms with Crippen molar-refractivity contribution in [3.8, 4) is 0 Å². The van der Waals surface area contributed by atoms with Crippen LogP contribution in [-0.4, -0.2) is 24.0 Å². The maximum absolute atomic E-state index is 12.4. The van der Waals surface area contributed by atoms with Gasteiger partial charge in [0.2, 0.25) is 5.91 Å². The fourth-order valence-electron chi connectivity index (χ4n) is 4.37. The van der Waals surface area contributed by atoms with Gasteiger partial charge >= 0.3 is 0 Å². The predicted molar refractivity (Wildman–Crippen MR) is 88.7 cm³/mol. The van der Waals surface area contributed by atoms with E-state index in [4.69, 9.17) is 0 Å².